The number of rotatable bonds is 5. The van der Waals surface area contributed by atoms with Crippen LogP contribution in [0.15, 0.2) is 83.9 Å². The normalized spacial score (nSPS) is 10.2. The first kappa shape index (κ1) is 21.1. The van der Waals surface area contributed by atoms with E-state index in [0.29, 0.717) is 5.56 Å². The molecule has 2 aromatic carbocycles. The highest BCUT2D eigenvalue weighted by Crippen LogP contribution is 2.20. The topological polar surface area (TPSA) is 76.1 Å². The molecule has 1 heterocycles. The third-order valence-corrected chi connectivity index (χ3v) is 4.73. The lowest BCUT2D eigenvalue weighted by molar-refractivity contribution is 0.103. The number of benzene rings is 2. The van der Waals surface area contributed by atoms with E-state index in [9.17, 15) is 13.2 Å². The van der Waals surface area contributed by atoms with Crippen LogP contribution in [0.1, 0.15) is 23.3 Å². The zero-order valence-corrected chi connectivity index (χ0v) is 14.0. The number of carbonyl (C=O) groups excluding carboxylic acids is 1. The van der Waals surface area contributed by atoms with E-state index in [1.807, 2.05) is 0 Å². The summed E-state index contributed by atoms with van der Waals surface area (Å²) in [6, 6.07) is 19.7. The molecule has 7 heteroatoms. The molecule has 3 radical (unpaired) electrons. The molecule has 131 valence electrons. The van der Waals surface area contributed by atoms with Crippen molar-refractivity contribution in [3.63, 3.8) is 0 Å². The lowest BCUT2D eigenvalue weighted by Gasteiger charge is -2.11. The second-order valence-electron chi connectivity index (χ2n) is 5.01. The Morgan fingerprint density at radius 1 is 0.846 bits per heavy atom. The maximum atomic E-state index is 12.6. The van der Waals surface area contributed by atoms with Crippen LogP contribution in [0.4, 0.5) is 5.82 Å². The van der Waals surface area contributed by atoms with Gasteiger partial charge in [-0.25, -0.2) is 13.4 Å². The molecule has 0 aliphatic carbocycles. The van der Waals surface area contributed by atoms with Crippen LogP contribution in [0.25, 0.3) is 0 Å². The van der Waals surface area contributed by atoms with Crippen molar-refractivity contribution >= 4 is 30.0 Å². The van der Waals surface area contributed by atoms with Gasteiger partial charge in [-0.2, -0.15) is 0 Å². The fourth-order valence-corrected chi connectivity index (χ4v) is 3.25. The molecule has 0 spiro atoms. The van der Waals surface area contributed by atoms with Crippen molar-refractivity contribution < 1.29 is 13.2 Å². The summed E-state index contributed by atoms with van der Waals surface area (Å²) < 4.78 is 27.3. The van der Waals surface area contributed by atoms with Crippen LogP contribution < -0.4 is 4.72 Å². The third-order valence-electron chi connectivity index (χ3n) is 3.37. The standard InChI is InChI=1S/C18H14N2O3S.CH4.B/c21-17(14-8-3-1-4-9-14)16-12-7-13-19-18(16)20-24(22,23)15-10-5-2-6-11-15;;/h1-13H,(H,19,20);1H4;. The first-order valence-electron chi connectivity index (χ1n) is 7.20. The van der Waals surface area contributed by atoms with Gasteiger partial charge in [0.1, 0.15) is 0 Å². The van der Waals surface area contributed by atoms with E-state index in [4.69, 9.17) is 0 Å². The number of anilines is 1. The Morgan fingerprint density at radius 2 is 1.42 bits per heavy atom. The van der Waals surface area contributed by atoms with Crippen molar-refractivity contribution in [1.82, 2.24) is 4.98 Å². The van der Waals surface area contributed by atoms with E-state index < -0.39 is 10.0 Å². The van der Waals surface area contributed by atoms with E-state index in [2.05, 4.69) is 9.71 Å². The van der Waals surface area contributed by atoms with E-state index in [-0.39, 0.29) is 37.9 Å². The molecule has 0 saturated carbocycles. The quantitative estimate of drug-likeness (QED) is 0.556. The molecule has 0 bridgehead atoms. The summed E-state index contributed by atoms with van der Waals surface area (Å²) in [6.07, 6.45) is 1.44. The number of aromatic nitrogens is 1. The van der Waals surface area contributed by atoms with Gasteiger partial charge < -0.3 is 0 Å². The largest absolute Gasteiger partial charge is 0.288 e. The fourth-order valence-electron chi connectivity index (χ4n) is 2.20. The van der Waals surface area contributed by atoms with Crippen molar-refractivity contribution in [2.45, 2.75) is 12.3 Å². The van der Waals surface area contributed by atoms with Gasteiger partial charge in [0, 0.05) is 20.2 Å². The molecule has 0 saturated heterocycles. The highest BCUT2D eigenvalue weighted by Gasteiger charge is 2.20. The Balaban J connectivity index is 0.00000169. The number of nitrogens with one attached hydrogen (secondary N) is 1. The molecule has 0 amide bonds. The zero-order chi connectivity index (χ0) is 17.0. The summed E-state index contributed by atoms with van der Waals surface area (Å²) in [4.78, 5) is 16.7. The van der Waals surface area contributed by atoms with Crippen LogP contribution in [0.5, 0.6) is 0 Å². The van der Waals surface area contributed by atoms with E-state index in [1.165, 1.54) is 18.3 Å². The van der Waals surface area contributed by atoms with Crippen LogP contribution in [0.3, 0.4) is 0 Å². The SMILES string of the molecule is C.O=C(c1ccccc1)c1cccnc1NS(=O)(=O)c1ccccc1.[B]. The molecule has 1 N–H and O–H groups in total. The molecule has 1 aromatic heterocycles. The minimum absolute atomic E-state index is 0. The summed E-state index contributed by atoms with van der Waals surface area (Å²) in [6.45, 7) is 0. The number of ketones is 1. The second-order valence-corrected chi connectivity index (χ2v) is 6.70. The van der Waals surface area contributed by atoms with Gasteiger partial charge in [-0.05, 0) is 24.3 Å². The van der Waals surface area contributed by atoms with Crippen molar-refractivity contribution in [1.29, 1.82) is 0 Å². The van der Waals surface area contributed by atoms with Gasteiger partial charge >= 0.3 is 0 Å². The summed E-state index contributed by atoms with van der Waals surface area (Å²) >= 11 is 0. The van der Waals surface area contributed by atoms with Gasteiger partial charge in [-0.15, -0.1) is 0 Å². The number of hydrogen-bond donors (Lipinski definition) is 1. The van der Waals surface area contributed by atoms with Crippen LogP contribution in [-0.2, 0) is 10.0 Å². The number of nitrogens with zero attached hydrogens (tertiary/aromatic N) is 1. The molecule has 0 unspecified atom stereocenters. The van der Waals surface area contributed by atoms with E-state index in [0.717, 1.165) is 0 Å². The lowest BCUT2D eigenvalue weighted by Crippen LogP contribution is -2.17. The Hall–Kier alpha value is -2.93. The van der Waals surface area contributed by atoms with Gasteiger partial charge in [-0.3, -0.25) is 9.52 Å². The van der Waals surface area contributed by atoms with Crippen LogP contribution >= 0.6 is 0 Å². The van der Waals surface area contributed by atoms with Gasteiger partial charge in [0.25, 0.3) is 10.0 Å². The predicted molar refractivity (Wildman–Crippen MR) is 104 cm³/mol. The molecular formula is C19H18BN2O3S. The average molecular weight is 365 g/mol. The number of hydrogen-bond acceptors (Lipinski definition) is 4. The number of carbonyl (C=O) groups is 1. The smallest absolute Gasteiger partial charge is 0.263 e. The van der Waals surface area contributed by atoms with Gasteiger partial charge in [-0.1, -0.05) is 56.0 Å². The van der Waals surface area contributed by atoms with Crippen molar-refractivity contribution in [3.8, 4) is 0 Å². The van der Waals surface area contributed by atoms with Gasteiger partial charge in [0.2, 0.25) is 0 Å². The van der Waals surface area contributed by atoms with Gasteiger partial charge in [0.15, 0.2) is 11.6 Å². The molecule has 5 nitrogen and oxygen atoms in total. The first-order valence-corrected chi connectivity index (χ1v) is 8.69. The number of sulfonamides is 1. The van der Waals surface area contributed by atoms with Crippen molar-refractivity contribution in [2.24, 2.45) is 0 Å². The van der Waals surface area contributed by atoms with Crippen LogP contribution in [0.2, 0.25) is 0 Å². The minimum atomic E-state index is -3.82. The Bertz CT molecular complexity index is 962. The number of pyridine rings is 1. The van der Waals surface area contributed by atoms with Crippen LogP contribution in [-0.4, -0.2) is 27.6 Å². The molecule has 3 aromatic rings. The molecule has 0 atom stereocenters. The lowest BCUT2D eigenvalue weighted by atomic mass is 10.0. The summed E-state index contributed by atoms with van der Waals surface area (Å²) in [5.74, 6) is -0.287. The third kappa shape index (κ3) is 4.58. The van der Waals surface area contributed by atoms with E-state index in [1.54, 1.807) is 60.7 Å². The Labute approximate surface area is 155 Å². The summed E-state index contributed by atoms with van der Waals surface area (Å²) in [5.41, 5.74) is 0.661. The van der Waals surface area contributed by atoms with Crippen molar-refractivity contribution in [2.75, 3.05) is 4.72 Å². The molecular weight excluding hydrogens is 347 g/mol. The predicted octanol–water partition coefficient (Wildman–Crippen LogP) is 3.37. The monoisotopic (exact) mass is 365 g/mol. The van der Waals surface area contributed by atoms with E-state index >= 15 is 0 Å². The molecule has 0 fully saturated rings. The minimum Gasteiger partial charge on any atom is -0.288 e. The highest BCUT2D eigenvalue weighted by molar-refractivity contribution is 7.92. The van der Waals surface area contributed by atoms with Crippen molar-refractivity contribution in [3.05, 3.63) is 90.1 Å². The first-order chi connectivity index (χ1) is 11.6. The maximum absolute atomic E-state index is 12.6. The van der Waals surface area contributed by atoms with Gasteiger partial charge in [0.05, 0.1) is 10.5 Å². The van der Waals surface area contributed by atoms with Crippen LogP contribution in [0, 0.1) is 0 Å². The average Bonchev–Trinajstić information content (AvgIpc) is 2.63. The zero-order valence-electron chi connectivity index (χ0n) is 13.2. The Kier molecular flexibility index (Phi) is 7.28. The molecule has 0 aliphatic rings. The molecule has 3 rings (SSSR count). The summed E-state index contributed by atoms with van der Waals surface area (Å²) in [5, 5.41) is 0. The fraction of sp³-hybridized carbons (Fsp3) is 0.0526. The highest BCUT2D eigenvalue weighted by atomic mass is 32.2. The summed E-state index contributed by atoms with van der Waals surface area (Å²) in [7, 11) is -3.82. The maximum Gasteiger partial charge on any atom is 0.263 e. The Morgan fingerprint density at radius 3 is 2.04 bits per heavy atom. The molecule has 0 aliphatic heterocycles. The molecule has 26 heavy (non-hydrogen) atoms. The second kappa shape index (κ2) is 8.96.